The van der Waals surface area contributed by atoms with Crippen LogP contribution in [0.2, 0.25) is 0 Å². The van der Waals surface area contributed by atoms with E-state index in [1.807, 2.05) is 4.72 Å². The number of carboxylic acids is 1. The summed E-state index contributed by atoms with van der Waals surface area (Å²) in [6.45, 7) is 0.0452. The van der Waals surface area contributed by atoms with E-state index in [2.05, 4.69) is 0 Å². The fourth-order valence-corrected chi connectivity index (χ4v) is 0.706. The summed E-state index contributed by atoms with van der Waals surface area (Å²) in [6.07, 6.45) is 0.0866. The molecular formula is C4H9N2O4S-. The van der Waals surface area contributed by atoms with Crippen LogP contribution in [0.5, 0.6) is 0 Å². The number of hydrogen-bond donors (Lipinski definition) is 3. The third kappa shape index (κ3) is 5.92. The first-order valence-corrected chi connectivity index (χ1v) is 3.92. The molecule has 4 N–H and O–H groups in total. The highest BCUT2D eigenvalue weighted by Gasteiger charge is 2.09. The molecule has 0 amide bonds. The molecule has 7 heteroatoms. The molecule has 2 atom stereocenters. The molecule has 0 saturated carbocycles. The minimum absolute atomic E-state index is 0.0452. The number of hydrogen-bond acceptors (Lipinski definition) is 4. The highest BCUT2D eigenvalue weighted by molar-refractivity contribution is 7.77. The Hall–Kier alpha value is -0.500. The first-order valence-electron chi connectivity index (χ1n) is 2.85. The topological polar surface area (TPSA) is 115 Å². The van der Waals surface area contributed by atoms with Gasteiger partial charge in [-0.05, 0) is 6.42 Å². The molecule has 0 fully saturated rings. The van der Waals surface area contributed by atoms with E-state index in [0.29, 0.717) is 0 Å². The highest BCUT2D eigenvalue weighted by atomic mass is 32.2. The monoisotopic (exact) mass is 181 g/mol. The fraction of sp³-hybridized carbons (Fsp3) is 0.750. The van der Waals surface area contributed by atoms with Crippen LogP contribution in [0.25, 0.3) is 0 Å². The molecule has 0 aromatic carbocycles. The quantitative estimate of drug-likeness (QED) is 0.431. The molecule has 0 heterocycles. The summed E-state index contributed by atoms with van der Waals surface area (Å²) in [5, 5.41) is 8.24. The van der Waals surface area contributed by atoms with Gasteiger partial charge in [-0.25, -0.2) is 4.72 Å². The van der Waals surface area contributed by atoms with E-state index < -0.39 is 23.3 Å². The number of carbonyl (C=O) groups is 1. The number of nitrogens with one attached hydrogen (secondary N) is 1. The lowest BCUT2D eigenvalue weighted by Gasteiger charge is -2.08. The zero-order valence-corrected chi connectivity index (χ0v) is 6.47. The Morgan fingerprint density at radius 1 is 1.82 bits per heavy atom. The maximum Gasteiger partial charge on any atom is 0.320 e. The second kappa shape index (κ2) is 5.19. The predicted octanol–water partition coefficient (Wildman–Crippen LogP) is -1.83. The van der Waals surface area contributed by atoms with Gasteiger partial charge in [-0.2, -0.15) is 0 Å². The van der Waals surface area contributed by atoms with Crippen molar-refractivity contribution in [3.05, 3.63) is 0 Å². The molecule has 0 aliphatic carbocycles. The van der Waals surface area contributed by atoms with Gasteiger partial charge in [0.1, 0.15) is 6.04 Å². The van der Waals surface area contributed by atoms with Crippen molar-refractivity contribution >= 4 is 17.2 Å². The van der Waals surface area contributed by atoms with Crippen LogP contribution in [0.3, 0.4) is 0 Å². The van der Waals surface area contributed by atoms with Gasteiger partial charge in [-0.3, -0.25) is 9.00 Å². The van der Waals surface area contributed by atoms with Gasteiger partial charge < -0.3 is 15.4 Å². The van der Waals surface area contributed by atoms with Crippen molar-refractivity contribution in [1.29, 1.82) is 0 Å². The molecule has 0 spiro atoms. The lowest BCUT2D eigenvalue weighted by molar-refractivity contribution is -0.138. The second-order valence-electron chi connectivity index (χ2n) is 1.86. The second-order valence-corrected chi connectivity index (χ2v) is 2.62. The Morgan fingerprint density at radius 3 is 2.73 bits per heavy atom. The number of rotatable bonds is 5. The molecule has 11 heavy (non-hydrogen) atoms. The molecule has 0 rings (SSSR count). The Morgan fingerprint density at radius 2 is 2.36 bits per heavy atom. The van der Waals surface area contributed by atoms with Crippen LogP contribution in [-0.2, 0) is 16.1 Å². The molecule has 0 aliphatic rings. The maximum absolute atomic E-state index is 10.1. The minimum Gasteiger partial charge on any atom is -0.760 e. The Bertz CT molecular complexity index is 162. The van der Waals surface area contributed by atoms with Crippen LogP contribution in [0.1, 0.15) is 6.42 Å². The molecular weight excluding hydrogens is 172 g/mol. The standard InChI is InChI=1S/C4H10N2O4S/c5-3(4(7)8)1-2-6-11(9)10/h3,6H,1-2,5H2,(H,7,8)(H,9,10)/p-1/t3-/m0/s1. The third-order valence-corrected chi connectivity index (χ3v) is 1.43. The van der Waals surface area contributed by atoms with Crippen molar-refractivity contribution in [1.82, 2.24) is 4.72 Å². The summed E-state index contributed by atoms with van der Waals surface area (Å²) >= 11 is -2.34. The summed E-state index contributed by atoms with van der Waals surface area (Å²) in [6, 6.07) is -1.01. The minimum atomic E-state index is -2.34. The maximum atomic E-state index is 10.1. The van der Waals surface area contributed by atoms with Crippen LogP contribution in [0.4, 0.5) is 0 Å². The van der Waals surface area contributed by atoms with Crippen molar-refractivity contribution in [2.75, 3.05) is 6.54 Å². The molecule has 66 valence electrons. The summed E-state index contributed by atoms with van der Waals surface area (Å²) in [5.74, 6) is -1.14. The van der Waals surface area contributed by atoms with E-state index in [-0.39, 0.29) is 13.0 Å². The Labute approximate surface area is 66.2 Å². The van der Waals surface area contributed by atoms with E-state index in [9.17, 15) is 13.6 Å². The van der Waals surface area contributed by atoms with Crippen molar-refractivity contribution < 1.29 is 18.7 Å². The van der Waals surface area contributed by atoms with E-state index in [1.54, 1.807) is 0 Å². The Kier molecular flexibility index (Phi) is 4.95. The van der Waals surface area contributed by atoms with E-state index in [0.717, 1.165) is 0 Å². The first-order chi connectivity index (χ1) is 5.04. The summed E-state index contributed by atoms with van der Waals surface area (Å²) < 4.78 is 21.7. The van der Waals surface area contributed by atoms with Crippen molar-refractivity contribution in [2.24, 2.45) is 5.73 Å². The highest BCUT2D eigenvalue weighted by Crippen LogP contribution is 1.85. The Balaban J connectivity index is 3.39. The van der Waals surface area contributed by atoms with Crippen LogP contribution in [-0.4, -0.2) is 32.4 Å². The molecule has 0 aromatic heterocycles. The SMILES string of the molecule is N[C@@H](CCNS(=O)[O-])C(=O)O. The van der Waals surface area contributed by atoms with Gasteiger partial charge in [0, 0.05) is 17.8 Å². The van der Waals surface area contributed by atoms with Gasteiger partial charge in [0.15, 0.2) is 0 Å². The molecule has 0 saturated heterocycles. The van der Waals surface area contributed by atoms with Gasteiger partial charge >= 0.3 is 5.97 Å². The van der Waals surface area contributed by atoms with E-state index in [4.69, 9.17) is 10.8 Å². The van der Waals surface area contributed by atoms with Gasteiger partial charge in [-0.15, -0.1) is 0 Å². The number of aliphatic carboxylic acids is 1. The van der Waals surface area contributed by atoms with Crippen molar-refractivity contribution in [3.8, 4) is 0 Å². The summed E-state index contributed by atoms with van der Waals surface area (Å²) in [4.78, 5) is 10.1. The summed E-state index contributed by atoms with van der Waals surface area (Å²) in [7, 11) is 0. The van der Waals surface area contributed by atoms with E-state index >= 15 is 0 Å². The molecule has 0 bridgehead atoms. The van der Waals surface area contributed by atoms with Gasteiger partial charge in [0.2, 0.25) is 0 Å². The van der Waals surface area contributed by atoms with Crippen molar-refractivity contribution in [3.63, 3.8) is 0 Å². The molecule has 1 unspecified atom stereocenters. The van der Waals surface area contributed by atoms with E-state index in [1.165, 1.54) is 0 Å². The average molecular weight is 181 g/mol. The van der Waals surface area contributed by atoms with Crippen LogP contribution in [0, 0.1) is 0 Å². The lowest BCUT2D eigenvalue weighted by Crippen LogP contribution is -2.34. The lowest BCUT2D eigenvalue weighted by atomic mass is 10.2. The normalized spacial score (nSPS) is 15.8. The number of carboxylic acid groups (broad SMARTS) is 1. The van der Waals surface area contributed by atoms with Gasteiger partial charge in [0.05, 0.1) is 0 Å². The molecule has 0 radical (unpaired) electrons. The first kappa shape index (κ1) is 10.5. The smallest absolute Gasteiger partial charge is 0.320 e. The van der Waals surface area contributed by atoms with Crippen LogP contribution < -0.4 is 10.5 Å². The average Bonchev–Trinajstić information content (AvgIpc) is 1.86. The van der Waals surface area contributed by atoms with Gasteiger partial charge in [-0.1, -0.05) is 0 Å². The zero-order valence-electron chi connectivity index (χ0n) is 5.65. The predicted molar refractivity (Wildman–Crippen MR) is 37.2 cm³/mol. The molecule has 0 aliphatic heterocycles. The molecule has 6 nitrogen and oxygen atoms in total. The fourth-order valence-electron chi connectivity index (χ4n) is 0.421. The third-order valence-electron chi connectivity index (χ3n) is 0.992. The van der Waals surface area contributed by atoms with Gasteiger partial charge in [0.25, 0.3) is 0 Å². The van der Waals surface area contributed by atoms with Crippen molar-refractivity contribution in [2.45, 2.75) is 12.5 Å². The number of nitrogens with two attached hydrogens (primary N) is 1. The van der Waals surface area contributed by atoms with Crippen LogP contribution >= 0.6 is 0 Å². The summed E-state index contributed by atoms with van der Waals surface area (Å²) in [5.41, 5.74) is 5.06. The largest absolute Gasteiger partial charge is 0.760 e. The molecule has 0 aromatic rings. The van der Waals surface area contributed by atoms with Crippen LogP contribution in [0.15, 0.2) is 0 Å². The zero-order chi connectivity index (χ0) is 8.85.